The van der Waals surface area contributed by atoms with Crippen LogP contribution in [0.2, 0.25) is 0 Å². The first-order valence-electron chi connectivity index (χ1n) is 10.9. The molecule has 1 fully saturated rings. The summed E-state index contributed by atoms with van der Waals surface area (Å²) in [6.07, 6.45) is 12.8. The number of aromatic nitrogens is 2. The highest BCUT2D eigenvalue weighted by Gasteiger charge is 2.24. The Morgan fingerprint density at radius 1 is 1.25 bits per heavy atom. The molecule has 1 aliphatic heterocycles. The van der Waals surface area contributed by atoms with Crippen molar-refractivity contribution in [3.63, 3.8) is 0 Å². The highest BCUT2D eigenvalue weighted by Crippen LogP contribution is 2.21. The summed E-state index contributed by atoms with van der Waals surface area (Å²) in [5, 5.41) is 7.71. The fourth-order valence-corrected chi connectivity index (χ4v) is 3.44. The Hall–Kier alpha value is -1.60. The largest absolute Gasteiger partial charge is 0.381 e. The second-order valence-electron chi connectivity index (χ2n) is 7.46. The van der Waals surface area contributed by atoms with Crippen molar-refractivity contribution in [1.29, 1.82) is 0 Å². The number of hydrogen-bond acceptors (Lipinski definition) is 4. The van der Waals surface area contributed by atoms with Crippen molar-refractivity contribution in [3.8, 4) is 0 Å². The molecular weight excluding hydrogens is 354 g/mol. The number of nitrogens with one attached hydrogen (secondary N) is 1. The first-order valence-corrected chi connectivity index (χ1v) is 10.9. The Labute approximate surface area is 170 Å². The predicted molar refractivity (Wildman–Crippen MR) is 114 cm³/mol. The zero-order chi connectivity index (χ0) is 20.0. The number of guanidine groups is 1. The smallest absolute Gasteiger partial charge is 0.193 e. The lowest BCUT2D eigenvalue weighted by molar-refractivity contribution is -0.00805. The van der Waals surface area contributed by atoms with E-state index in [9.17, 15) is 0 Å². The van der Waals surface area contributed by atoms with Crippen molar-refractivity contribution in [2.45, 2.75) is 58.0 Å². The van der Waals surface area contributed by atoms with E-state index in [4.69, 9.17) is 9.47 Å². The highest BCUT2D eigenvalue weighted by atomic mass is 16.5. The number of morpholine rings is 1. The fourth-order valence-electron chi connectivity index (χ4n) is 3.44. The fraction of sp³-hybridized carbons (Fsp3) is 0.810. The van der Waals surface area contributed by atoms with Crippen LogP contribution in [0, 0.1) is 0 Å². The van der Waals surface area contributed by atoms with E-state index >= 15 is 0 Å². The van der Waals surface area contributed by atoms with E-state index in [1.165, 1.54) is 38.5 Å². The van der Waals surface area contributed by atoms with Gasteiger partial charge in [0.25, 0.3) is 0 Å². The number of unbranched alkanes of at least 4 members (excludes halogenated alkanes) is 5. The van der Waals surface area contributed by atoms with Gasteiger partial charge in [0.1, 0.15) is 6.10 Å². The van der Waals surface area contributed by atoms with E-state index in [1.54, 1.807) is 0 Å². The zero-order valence-corrected chi connectivity index (χ0v) is 18.0. The van der Waals surface area contributed by atoms with Crippen LogP contribution in [0.25, 0.3) is 0 Å². The van der Waals surface area contributed by atoms with E-state index in [0.29, 0.717) is 6.61 Å². The molecule has 7 heteroatoms. The van der Waals surface area contributed by atoms with Gasteiger partial charge in [-0.05, 0) is 12.8 Å². The number of rotatable bonds is 12. The Balaban J connectivity index is 1.57. The summed E-state index contributed by atoms with van der Waals surface area (Å²) in [6, 6.07) is 0. The van der Waals surface area contributed by atoms with E-state index < -0.39 is 0 Å². The number of nitrogens with zero attached hydrogens (tertiary/aromatic N) is 4. The van der Waals surface area contributed by atoms with E-state index in [-0.39, 0.29) is 6.10 Å². The third-order valence-electron chi connectivity index (χ3n) is 5.07. The lowest BCUT2D eigenvalue weighted by Gasteiger charge is -2.34. The summed E-state index contributed by atoms with van der Waals surface area (Å²) >= 11 is 0. The summed E-state index contributed by atoms with van der Waals surface area (Å²) < 4.78 is 13.5. The standard InChI is InChI=1S/C21H39N5O2/c1-4-5-6-7-8-9-13-27-14-10-11-23-21(22-2)26-12-15-28-20(18-26)19-16-24-25(3)17-19/h16-17,20H,4-15,18H2,1-3H3,(H,22,23). The van der Waals surface area contributed by atoms with Gasteiger partial charge in [0, 0.05) is 52.2 Å². The Bertz CT molecular complexity index is 561. The highest BCUT2D eigenvalue weighted by molar-refractivity contribution is 5.80. The summed E-state index contributed by atoms with van der Waals surface area (Å²) in [6.45, 7) is 7.16. The van der Waals surface area contributed by atoms with Gasteiger partial charge in [0.2, 0.25) is 0 Å². The predicted octanol–water partition coefficient (Wildman–Crippen LogP) is 3.14. The molecule has 1 aromatic rings. The molecule has 2 rings (SSSR count). The van der Waals surface area contributed by atoms with Crippen molar-refractivity contribution in [2.75, 3.05) is 46.5 Å². The zero-order valence-electron chi connectivity index (χ0n) is 18.0. The molecular formula is C21H39N5O2. The monoisotopic (exact) mass is 393 g/mol. The van der Waals surface area contributed by atoms with Crippen LogP contribution in [0.5, 0.6) is 0 Å². The summed E-state index contributed by atoms with van der Waals surface area (Å²) in [5.74, 6) is 0.938. The first kappa shape index (κ1) is 22.7. The number of aryl methyl sites for hydroxylation is 1. The average molecular weight is 394 g/mol. The Kier molecular flexibility index (Phi) is 11.0. The van der Waals surface area contributed by atoms with Crippen molar-refractivity contribution < 1.29 is 9.47 Å². The molecule has 2 heterocycles. The Morgan fingerprint density at radius 2 is 2.04 bits per heavy atom. The van der Waals surface area contributed by atoms with Crippen LogP contribution >= 0.6 is 0 Å². The molecule has 1 N–H and O–H groups in total. The van der Waals surface area contributed by atoms with Crippen LogP contribution in [-0.2, 0) is 16.5 Å². The van der Waals surface area contributed by atoms with Crippen LogP contribution < -0.4 is 5.32 Å². The lowest BCUT2D eigenvalue weighted by Crippen LogP contribution is -2.48. The van der Waals surface area contributed by atoms with Gasteiger partial charge in [-0.1, -0.05) is 39.0 Å². The number of ether oxygens (including phenoxy) is 2. The van der Waals surface area contributed by atoms with Crippen molar-refractivity contribution in [2.24, 2.45) is 12.0 Å². The summed E-state index contributed by atoms with van der Waals surface area (Å²) in [4.78, 5) is 6.70. The summed E-state index contributed by atoms with van der Waals surface area (Å²) in [5.41, 5.74) is 1.12. The van der Waals surface area contributed by atoms with E-state index in [2.05, 4.69) is 27.2 Å². The maximum Gasteiger partial charge on any atom is 0.193 e. The van der Waals surface area contributed by atoms with E-state index in [1.807, 2.05) is 31.2 Å². The molecule has 160 valence electrons. The minimum Gasteiger partial charge on any atom is -0.381 e. The maximum atomic E-state index is 5.92. The van der Waals surface area contributed by atoms with Gasteiger partial charge < -0.3 is 19.7 Å². The van der Waals surface area contributed by atoms with Gasteiger partial charge in [-0.2, -0.15) is 5.10 Å². The second kappa shape index (κ2) is 13.6. The lowest BCUT2D eigenvalue weighted by atomic mass is 10.1. The van der Waals surface area contributed by atoms with Gasteiger partial charge in [0.05, 0.1) is 19.3 Å². The quantitative estimate of drug-likeness (QED) is 0.336. The minimum atomic E-state index is 0.0432. The van der Waals surface area contributed by atoms with Gasteiger partial charge in [0.15, 0.2) is 5.96 Å². The van der Waals surface area contributed by atoms with Crippen LogP contribution in [0.3, 0.4) is 0 Å². The van der Waals surface area contributed by atoms with E-state index in [0.717, 1.165) is 50.8 Å². The molecule has 1 atom stereocenters. The van der Waals surface area contributed by atoms with Crippen LogP contribution in [-0.4, -0.2) is 67.1 Å². The van der Waals surface area contributed by atoms with Crippen LogP contribution in [0.1, 0.15) is 63.5 Å². The van der Waals surface area contributed by atoms with Gasteiger partial charge in [-0.25, -0.2) is 0 Å². The van der Waals surface area contributed by atoms with Gasteiger partial charge >= 0.3 is 0 Å². The minimum absolute atomic E-state index is 0.0432. The third-order valence-corrected chi connectivity index (χ3v) is 5.07. The molecule has 28 heavy (non-hydrogen) atoms. The normalized spacial score (nSPS) is 17.9. The molecule has 0 bridgehead atoms. The molecule has 1 saturated heterocycles. The molecule has 0 amide bonds. The second-order valence-corrected chi connectivity index (χ2v) is 7.46. The summed E-state index contributed by atoms with van der Waals surface area (Å²) in [7, 11) is 3.77. The third kappa shape index (κ3) is 8.19. The maximum absolute atomic E-state index is 5.92. The Morgan fingerprint density at radius 3 is 2.79 bits per heavy atom. The van der Waals surface area contributed by atoms with Crippen molar-refractivity contribution in [1.82, 2.24) is 20.0 Å². The molecule has 1 unspecified atom stereocenters. The van der Waals surface area contributed by atoms with Crippen molar-refractivity contribution in [3.05, 3.63) is 18.0 Å². The van der Waals surface area contributed by atoms with Crippen LogP contribution in [0.4, 0.5) is 0 Å². The van der Waals surface area contributed by atoms with Gasteiger partial charge in [-0.15, -0.1) is 0 Å². The molecule has 0 saturated carbocycles. The van der Waals surface area contributed by atoms with Gasteiger partial charge in [-0.3, -0.25) is 9.67 Å². The molecule has 1 aliphatic rings. The molecule has 1 aromatic heterocycles. The van der Waals surface area contributed by atoms with Crippen molar-refractivity contribution >= 4 is 5.96 Å². The molecule has 0 radical (unpaired) electrons. The molecule has 0 aliphatic carbocycles. The van der Waals surface area contributed by atoms with Crippen LogP contribution in [0.15, 0.2) is 17.4 Å². The molecule has 0 aromatic carbocycles. The number of hydrogen-bond donors (Lipinski definition) is 1. The molecule has 0 spiro atoms. The average Bonchev–Trinajstić information content (AvgIpc) is 3.15. The first-order chi connectivity index (χ1) is 13.7. The molecule has 7 nitrogen and oxygen atoms in total. The SMILES string of the molecule is CCCCCCCCOCCCNC(=NC)N1CCOC(c2cnn(C)c2)C1. The number of aliphatic imine (C=N–C) groups is 1. The topological polar surface area (TPSA) is 63.9 Å².